The molecule has 0 unspecified atom stereocenters. The molecule has 1 amide bonds. The second-order valence-electron chi connectivity index (χ2n) is 6.31. The van der Waals surface area contributed by atoms with Gasteiger partial charge in [0.15, 0.2) is 11.0 Å². The summed E-state index contributed by atoms with van der Waals surface area (Å²) in [6, 6.07) is 13.3. The SMILES string of the molecule is CCn1c(SCC(=O)Nc2nnc(-c3ccc(F)cc3)s2)nnc1-c1ccc(Cl)cc1. The van der Waals surface area contributed by atoms with Crippen molar-refractivity contribution in [2.24, 2.45) is 0 Å². The van der Waals surface area contributed by atoms with Gasteiger partial charge in [-0.15, -0.1) is 20.4 Å². The van der Waals surface area contributed by atoms with E-state index in [2.05, 4.69) is 25.7 Å². The molecule has 31 heavy (non-hydrogen) atoms. The number of hydrogen-bond donors (Lipinski definition) is 1. The van der Waals surface area contributed by atoms with E-state index in [1.54, 1.807) is 24.3 Å². The molecule has 0 bridgehead atoms. The average molecular weight is 475 g/mol. The molecule has 0 atom stereocenters. The third-order valence-corrected chi connectivity index (χ3v) is 6.34. The summed E-state index contributed by atoms with van der Waals surface area (Å²) in [5, 5.41) is 21.5. The number of benzene rings is 2. The van der Waals surface area contributed by atoms with Crippen molar-refractivity contribution in [3.8, 4) is 22.0 Å². The molecule has 4 rings (SSSR count). The number of amides is 1. The van der Waals surface area contributed by atoms with Gasteiger partial charge >= 0.3 is 0 Å². The van der Waals surface area contributed by atoms with E-state index in [-0.39, 0.29) is 17.5 Å². The minimum atomic E-state index is -0.321. The van der Waals surface area contributed by atoms with Crippen molar-refractivity contribution in [3.05, 3.63) is 59.4 Å². The van der Waals surface area contributed by atoms with Gasteiger partial charge in [-0.05, 0) is 55.5 Å². The van der Waals surface area contributed by atoms with E-state index in [0.29, 0.717) is 26.9 Å². The van der Waals surface area contributed by atoms with Gasteiger partial charge in [-0.1, -0.05) is 34.7 Å². The summed E-state index contributed by atoms with van der Waals surface area (Å²) >= 11 is 8.47. The molecule has 2 aromatic carbocycles. The number of anilines is 1. The molecule has 0 saturated heterocycles. The summed E-state index contributed by atoms with van der Waals surface area (Å²) in [7, 11) is 0. The van der Waals surface area contributed by atoms with Crippen LogP contribution in [0.25, 0.3) is 22.0 Å². The fourth-order valence-electron chi connectivity index (χ4n) is 2.76. The van der Waals surface area contributed by atoms with Crippen LogP contribution < -0.4 is 5.32 Å². The third-order valence-electron chi connectivity index (χ3n) is 4.23. The Morgan fingerprint density at radius 2 is 1.77 bits per heavy atom. The molecule has 0 aliphatic heterocycles. The highest BCUT2D eigenvalue weighted by Crippen LogP contribution is 2.28. The van der Waals surface area contributed by atoms with E-state index in [4.69, 9.17) is 11.6 Å². The van der Waals surface area contributed by atoms with Crippen LogP contribution in [0.15, 0.2) is 53.7 Å². The Morgan fingerprint density at radius 3 is 2.48 bits per heavy atom. The second-order valence-corrected chi connectivity index (χ2v) is 8.67. The highest BCUT2D eigenvalue weighted by molar-refractivity contribution is 7.99. The van der Waals surface area contributed by atoms with E-state index < -0.39 is 0 Å². The summed E-state index contributed by atoms with van der Waals surface area (Å²) < 4.78 is 15.0. The van der Waals surface area contributed by atoms with Gasteiger partial charge in [-0.25, -0.2) is 4.39 Å². The number of rotatable bonds is 7. The number of nitrogens with zero attached hydrogens (tertiary/aromatic N) is 5. The Bertz CT molecular complexity index is 1190. The lowest BCUT2D eigenvalue weighted by Gasteiger charge is -2.07. The summed E-state index contributed by atoms with van der Waals surface area (Å²) in [5.41, 5.74) is 1.64. The molecule has 2 heterocycles. The highest BCUT2D eigenvalue weighted by Gasteiger charge is 2.16. The predicted octanol–water partition coefficient (Wildman–Crippen LogP) is 5.01. The van der Waals surface area contributed by atoms with Crippen molar-refractivity contribution in [3.63, 3.8) is 0 Å². The first-order valence-corrected chi connectivity index (χ1v) is 11.4. The van der Waals surface area contributed by atoms with Crippen LogP contribution in [0.1, 0.15) is 6.92 Å². The van der Waals surface area contributed by atoms with Gasteiger partial charge in [0, 0.05) is 22.7 Å². The lowest BCUT2D eigenvalue weighted by Crippen LogP contribution is -2.14. The zero-order valence-electron chi connectivity index (χ0n) is 16.2. The van der Waals surface area contributed by atoms with E-state index in [1.165, 1.54) is 35.2 Å². The fourth-order valence-corrected chi connectivity index (χ4v) is 4.45. The first-order valence-electron chi connectivity index (χ1n) is 9.24. The van der Waals surface area contributed by atoms with E-state index >= 15 is 0 Å². The van der Waals surface area contributed by atoms with Crippen molar-refractivity contribution in [2.75, 3.05) is 11.1 Å². The topological polar surface area (TPSA) is 85.6 Å². The number of aromatic nitrogens is 5. The summed E-state index contributed by atoms with van der Waals surface area (Å²) in [5.74, 6) is 0.308. The molecule has 2 aromatic heterocycles. The number of carbonyl (C=O) groups is 1. The van der Waals surface area contributed by atoms with Crippen LogP contribution in [0.3, 0.4) is 0 Å². The molecule has 0 radical (unpaired) electrons. The van der Waals surface area contributed by atoms with Crippen molar-refractivity contribution < 1.29 is 9.18 Å². The largest absolute Gasteiger partial charge is 0.302 e. The van der Waals surface area contributed by atoms with E-state index in [0.717, 1.165) is 17.0 Å². The molecule has 0 aliphatic rings. The molecule has 0 fully saturated rings. The van der Waals surface area contributed by atoms with Gasteiger partial charge in [0.1, 0.15) is 10.8 Å². The number of thioether (sulfide) groups is 1. The summed E-state index contributed by atoms with van der Waals surface area (Å²) in [4.78, 5) is 12.4. The number of hydrogen-bond acceptors (Lipinski definition) is 7. The minimum absolute atomic E-state index is 0.143. The van der Waals surface area contributed by atoms with Gasteiger partial charge in [0.05, 0.1) is 5.75 Å². The average Bonchev–Trinajstić information content (AvgIpc) is 3.40. The maximum atomic E-state index is 13.1. The zero-order valence-corrected chi connectivity index (χ0v) is 18.6. The zero-order chi connectivity index (χ0) is 21.8. The van der Waals surface area contributed by atoms with Crippen molar-refractivity contribution in [1.82, 2.24) is 25.0 Å². The van der Waals surface area contributed by atoms with Crippen molar-refractivity contribution in [2.45, 2.75) is 18.6 Å². The van der Waals surface area contributed by atoms with Gasteiger partial charge in [0.25, 0.3) is 0 Å². The van der Waals surface area contributed by atoms with Crippen LogP contribution in [-0.4, -0.2) is 36.6 Å². The highest BCUT2D eigenvalue weighted by atomic mass is 35.5. The normalized spacial score (nSPS) is 10.9. The Morgan fingerprint density at radius 1 is 1.06 bits per heavy atom. The molecule has 7 nitrogen and oxygen atoms in total. The lowest BCUT2D eigenvalue weighted by molar-refractivity contribution is -0.113. The standard InChI is InChI=1S/C20H16ClFN6OS2/c1-2-28-17(12-3-7-14(21)8-4-12)24-27-20(28)30-11-16(29)23-19-26-25-18(31-19)13-5-9-15(22)10-6-13/h3-10H,2,11H2,1H3,(H,23,26,29). The van der Waals surface area contributed by atoms with Crippen LogP contribution in [0.5, 0.6) is 0 Å². The van der Waals surface area contributed by atoms with Gasteiger partial charge < -0.3 is 4.57 Å². The van der Waals surface area contributed by atoms with Gasteiger partial charge in [0.2, 0.25) is 11.0 Å². The van der Waals surface area contributed by atoms with Crippen LogP contribution in [-0.2, 0) is 11.3 Å². The van der Waals surface area contributed by atoms with Crippen LogP contribution in [0.4, 0.5) is 9.52 Å². The van der Waals surface area contributed by atoms with E-state index in [1.807, 2.05) is 23.6 Å². The molecule has 0 saturated carbocycles. The fraction of sp³-hybridized carbons (Fsp3) is 0.150. The Labute approximate surface area is 190 Å². The molecule has 4 aromatic rings. The summed E-state index contributed by atoms with van der Waals surface area (Å²) in [6.45, 7) is 2.65. The molecule has 1 N–H and O–H groups in total. The predicted molar refractivity (Wildman–Crippen MR) is 121 cm³/mol. The smallest absolute Gasteiger partial charge is 0.236 e. The van der Waals surface area contributed by atoms with Gasteiger partial charge in [-0.2, -0.15) is 0 Å². The van der Waals surface area contributed by atoms with E-state index in [9.17, 15) is 9.18 Å². The molecular weight excluding hydrogens is 459 g/mol. The molecule has 0 spiro atoms. The summed E-state index contributed by atoms with van der Waals surface area (Å²) in [6.07, 6.45) is 0. The second kappa shape index (κ2) is 9.54. The maximum absolute atomic E-state index is 13.1. The molecule has 0 aliphatic carbocycles. The minimum Gasteiger partial charge on any atom is -0.302 e. The lowest BCUT2D eigenvalue weighted by atomic mass is 10.2. The number of halogens is 2. The van der Waals surface area contributed by atoms with Gasteiger partial charge in [-0.3, -0.25) is 10.1 Å². The first-order chi connectivity index (χ1) is 15.0. The van der Waals surface area contributed by atoms with Crippen molar-refractivity contribution in [1.29, 1.82) is 0 Å². The number of nitrogens with one attached hydrogen (secondary N) is 1. The van der Waals surface area contributed by atoms with Crippen LogP contribution in [0, 0.1) is 5.82 Å². The third kappa shape index (κ3) is 5.09. The Hall–Kier alpha value is -2.82. The monoisotopic (exact) mass is 474 g/mol. The Balaban J connectivity index is 1.39. The quantitative estimate of drug-likeness (QED) is 0.379. The van der Waals surface area contributed by atoms with Crippen molar-refractivity contribution >= 4 is 45.7 Å². The molecular formula is C20H16ClFN6OS2. The Kier molecular flexibility index (Phi) is 6.59. The first kappa shape index (κ1) is 21.4. The van der Waals surface area contributed by atoms with Crippen LogP contribution >= 0.6 is 34.7 Å². The number of carbonyl (C=O) groups excluding carboxylic acids is 1. The molecule has 11 heteroatoms. The molecule has 158 valence electrons. The maximum Gasteiger partial charge on any atom is 0.236 e. The van der Waals surface area contributed by atoms with Crippen LogP contribution in [0.2, 0.25) is 5.02 Å².